The van der Waals surface area contributed by atoms with E-state index < -0.39 is 0 Å². The quantitative estimate of drug-likeness (QED) is 0.430. The lowest BCUT2D eigenvalue weighted by Gasteiger charge is -2.42. The van der Waals surface area contributed by atoms with Crippen LogP contribution < -0.4 is 5.73 Å². The van der Waals surface area contributed by atoms with Crippen LogP contribution in [-0.4, -0.2) is 65.9 Å². The maximum atomic E-state index is 12.3. The summed E-state index contributed by atoms with van der Waals surface area (Å²) < 4.78 is 0. The molecule has 0 aromatic heterocycles. The van der Waals surface area contributed by atoms with Crippen LogP contribution in [0.1, 0.15) is 61.6 Å². The van der Waals surface area contributed by atoms with Crippen molar-refractivity contribution in [2.75, 3.05) is 33.2 Å². The normalized spacial score (nSPS) is 20.4. The van der Waals surface area contributed by atoms with Crippen LogP contribution in [0.2, 0.25) is 5.02 Å². The first-order valence-electron chi connectivity index (χ1n) is 14.1. The molecule has 6 heteroatoms. The summed E-state index contributed by atoms with van der Waals surface area (Å²) in [5, 5.41) is 0.881. The van der Waals surface area contributed by atoms with Crippen molar-refractivity contribution in [1.82, 2.24) is 14.7 Å². The van der Waals surface area contributed by atoms with Gasteiger partial charge in [-0.1, -0.05) is 72.3 Å². The Morgan fingerprint density at radius 1 is 1.03 bits per heavy atom. The number of hydrogen-bond acceptors (Lipinski definition) is 4. The molecule has 0 saturated carbocycles. The van der Waals surface area contributed by atoms with Gasteiger partial charge in [-0.25, -0.2) is 0 Å². The van der Waals surface area contributed by atoms with Crippen LogP contribution in [-0.2, 0) is 6.54 Å². The molecule has 1 aliphatic heterocycles. The maximum Gasteiger partial charge on any atom is 0.253 e. The smallest absolute Gasteiger partial charge is 0.253 e. The van der Waals surface area contributed by atoms with Gasteiger partial charge in [0.05, 0.1) is 6.04 Å². The molecular weight excluding hydrogens is 504 g/mol. The molecule has 5 nitrogen and oxygen atoms in total. The van der Waals surface area contributed by atoms with Crippen LogP contribution in [0.25, 0.3) is 0 Å². The standard InChI is InChI=1S/C19H24N2O.C14H21ClN2/c1-3-21(4-2)19(22)17-13-11-16(12-14-17)18(20)15-9-7-5-6-8-10-15;1-11-9-17(12(2)8-16(11)3)10-13-6-4-5-7-14(13)15/h5-7,9-14,18H,3-4,8,20H2,1-2H3;4-7,11-12H,8-10H2,1-3H3/t18-;11-,12+/m10/s1. The number of halogens is 1. The second kappa shape index (κ2) is 15.2. The second-order valence-corrected chi connectivity index (χ2v) is 10.9. The Hall–Kier alpha value is -2.70. The number of amides is 1. The van der Waals surface area contributed by atoms with E-state index >= 15 is 0 Å². The number of piperazine rings is 1. The molecule has 2 aromatic rings. The van der Waals surface area contributed by atoms with Crippen molar-refractivity contribution in [3.05, 3.63) is 106 Å². The highest BCUT2D eigenvalue weighted by Gasteiger charge is 2.26. The molecule has 1 saturated heterocycles. The molecule has 39 heavy (non-hydrogen) atoms. The van der Waals surface area contributed by atoms with Crippen molar-refractivity contribution < 1.29 is 4.79 Å². The van der Waals surface area contributed by atoms with Crippen molar-refractivity contribution in [1.29, 1.82) is 0 Å². The number of carbonyl (C=O) groups excluding carboxylic acids is 1. The number of allylic oxidation sites excluding steroid dienone is 4. The molecule has 1 aliphatic carbocycles. The Kier molecular flexibility index (Phi) is 12.0. The fraction of sp³-hybridized carbons (Fsp3) is 0.424. The van der Waals surface area contributed by atoms with Gasteiger partial charge in [0.1, 0.15) is 0 Å². The zero-order chi connectivity index (χ0) is 28.4. The lowest BCUT2D eigenvalue weighted by atomic mass is 9.97. The zero-order valence-electron chi connectivity index (χ0n) is 24.2. The summed E-state index contributed by atoms with van der Waals surface area (Å²) >= 11 is 6.22. The van der Waals surface area contributed by atoms with Crippen molar-refractivity contribution >= 4 is 17.5 Å². The number of likely N-dealkylation sites (N-methyl/N-ethyl adjacent to an activating group) is 1. The number of benzene rings is 2. The largest absolute Gasteiger partial charge is 0.339 e. The van der Waals surface area contributed by atoms with E-state index in [1.807, 2.05) is 73.4 Å². The zero-order valence-corrected chi connectivity index (χ0v) is 24.9. The van der Waals surface area contributed by atoms with Gasteiger partial charge >= 0.3 is 0 Å². The molecule has 4 rings (SSSR count). The molecule has 2 aliphatic rings. The molecule has 1 fully saturated rings. The van der Waals surface area contributed by atoms with Gasteiger partial charge in [-0.15, -0.1) is 0 Å². The van der Waals surface area contributed by atoms with Crippen molar-refractivity contribution in [3.63, 3.8) is 0 Å². The van der Waals surface area contributed by atoms with Gasteiger partial charge in [0, 0.05) is 55.4 Å². The fourth-order valence-electron chi connectivity index (χ4n) is 4.98. The molecule has 1 amide bonds. The van der Waals surface area contributed by atoms with Gasteiger partial charge in [-0.3, -0.25) is 9.69 Å². The number of nitrogens with two attached hydrogens (primary N) is 1. The highest BCUT2D eigenvalue weighted by atomic mass is 35.5. The molecule has 0 bridgehead atoms. The van der Waals surface area contributed by atoms with Crippen molar-refractivity contribution in [3.8, 4) is 0 Å². The predicted octanol–water partition coefficient (Wildman–Crippen LogP) is 6.48. The van der Waals surface area contributed by atoms with Gasteiger partial charge in [0.2, 0.25) is 0 Å². The van der Waals surface area contributed by atoms with Crippen LogP contribution in [0.3, 0.4) is 0 Å². The SMILES string of the molecule is CCN(CC)C(=O)c1ccc([C@H](N)C2=CCC=CC=C2)cc1.C[C@@H]1CN(C)[C@@H](C)CN1Cc1ccccc1Cl. The first-order valence-corrected chi connectivity index (χ1v) is 14.5. The van der Waals surface area contributed by atoms with Crippen molar-refractivity contribution in [2.45, 2.75) is 58.8 Å². The minimum absolute atomic E-state index is 0.0721. The third-order valence-corrected chi connectivity index (χ3v) is 8.08. The molecule has 2 aromatic carbocycles. The van der Waals surface area contributed by atoms with E-state index in [2.05, 4.69) is 55.0 Å². The Morgan fingerprint density at radius 2 is 1.72 bits per heavy atom. The minimum atomic E-state index is -0.159. The summed E-state index contributed by atoms with van der Waals surface area (Å²) in [5.74, 6) is 0.0721. The highest BCUT2D eigenvalue weighted by Crippen LogP contribution is 2.23. The van der Waals surface area contributed by atoms with E-state index in [0.717, 1.165) is 55.3 Å². The first-order chi connectivity index (χ1) is 18.7. The van der Waals surface area contributed by atoms with Gasteiger partial charge in [0.25, 0.3) is 5.91 Å². The van der Waals surface area contributed by atoms with Crippen LogP contribution >= 0.6 is 11.6 Å². The Balaban J connectivity index is 0.000000223. The average molecular weight is 549 g/mol. The van der Waals surface area contributed by atoms with Crippen molar-refractivity contribution in [2.24, 2.45) is 5.73 Å². The molecule has 1 heterocycles. The summed E-state index contributed by atoms with van der Waals surface area (Å²) in [6.07, 6.45) is 11.2. The van der Waals surface area contributed by atoms with Crippen LogP contribution in [0, 0.1) is 0 Å². The summed E-state index contributed by atoms with van der Waals surface area (Å²) in [4.78, 5) is 19.1. The van der Waals surface area contributed by atoms with Gasteiger partial charge in [-0.2, -0.15) is 0 Å². The third kappa shape index (κ3) is 8.64. The van der Waals surface area contributed by atoms with Crippen LogP contribution in [0.4, 0.5) is 0 Å². The lowest BCUT2D eigenvalue weighted by Crippen LogP contribution is -2.54. The molecule has 210 valence electrons. The van der Waals surface area contributed by atoms with E-state index in [4.69, 9.17) is 17.3 Å². The van der Waals surface area contributed by atoms with Gasteiger partial charge in [0.15, 0.2) is 0 Å². The minimum Gasteiger partial charge on any atom is -0.339 e. The molecule has 2 N–H and O–H groups in total. The summed E-state index contributed by atoms with van der Waals surface area (Å²) in [7, 11) is 2.20. The number of rotatable bonds is 7. The summed E-state index contributed by atoms with van der Waals surface area (Å²) in [6, 6.07) is 16.8. The highest BCUT2D eigenvalue weighted by molar-refractivity contribution is 6.31. The Bertz CT molecular complexity index is 1150. The lowest BCUT2D eigenvalue weighted by molar-refractivity contribution is 0.0546. The fourth-order valence-corrected chi connectivity index (χ4v) is 5.18. The summed E-state index contributed by atoms with van der Waals surface area (Å²) in [6.45, 7) is 13.2. The van der Waals surface area contributed by atoms with E-state index in [-0.39, 0.29) is 11.9 Å². The van der Waals surface area contributed by atoms with E-state index in [1.165, 1.54) is 5.56 Å². The van der Waals surface area contributed by atoms with E-state index in [9.17, 15) is 4.79 Å². The second-order valence-electron chi connectivity index (χ2n) is 10.5. The van der Waals surface area contributed by atoms with Gasteiger partial charge < -0.3 is 15.5 Å². The summed E-state index contributed by atoms with van der Waals surface area (Å²) in [5.41, 5.74) is 10.4. The number of hydrogen-bond donors (Lipinski definition) is 1. The van der Waals surface area contributed by atoms with Crippen LogP contribution in [0.15, 0.2) is 84.5 Å². The number of nitrogens with zero attached hydrogens (tertiary/aromatic N) is 3. The first kappa shape index (κ1) is 30.8. The molecular formula is C33H45ClN4O. The number of carbonyl (C=O) groups is 1. The monoisotopic (exact) mass is 548 g/mol. The molecule has 3 atom stereocenters. The Morgan fingerprint density at radius 3 is 2.38 bits per heavy atom. The van der Waals surface area contributed by atoms with E-state index in [0.29, 0.717) is 17.6 Å². The predicted molar refractivity (Wildman–Crippen MR) is 165 cm³/mol. The molecule has 0 unspecified atom stereocenters. The van der Waals surface area contributed by atoms with Gasteiger partial charge in [-0.05, 0) is 76.1 Å². The van der Waals surface area contributed by atoms with E-state index in [1.54, 1.807) is 0 Å². The topological polar surface area (TPSA) is 52.8 Å². The molecule has 0 spiro atoms. The van der Waals surface area contributed by atoms with Crippen LogP contribution in [0.5, 0.6) is 0 Å². The maximum absolute atomic E-state index is 12.3. The average Bonchev–Trinajstić information content (AvgIpc) is 3.23. The molecule has 0 radical (unpaired) electrons. The Labute approximate surface area is 240 Å². The third-order valence-electron chi connectivity index (χ3n) is 7.71.